The third-order valence-electron chi connectivity index (χ3n) is 4.67. The molecule has 0 aromatic heterocycles. The lowest BCUT2D eigenvalue weighted by atomic mass is 9.70. The topological polar surface area (TPSA) is 43.1 Å². The van der Waals surface area contributed by atoms with Gasteiger partial charge in [0.15, 0.2) is 0 Å². The summed E-state index contributed by atoms with van der Waals surface area (Å²) in [5.74, 6) is 9.57. The summed E-state index contributed by atoms with van der Waals surface area (Å²) in [6, 6.07) is 0. The largest absolute Gasteiger partial charge is 0.299 e. The summed E-state index contributed by atoms with van der Waals surface area (Å²) in [4.78, 5) is 12.2. The van der Waals surface area contributed by atoms with E-state index in [9.17, 15) is 4.79 Å². The standard InChI is InChI=1S/C12H21NOS/c1-11(2)9-5-6-12(11,10(14)7-9)8-15(3,4)13/h9H,3-8,13H2,1-2H3/t9-,12-/m1/s1. The van der Waals surface area contributed by atoms with Crippen molar-refractivity contribution in [1.82, 2.24) is 0 Å². The quantitative estimate of drug-likeness (QED) is 0.732. The first-order chi connectivity index (χ1) is 6.69. The Morgan fingerprint density at radius 1 is 1.53 bits per heavy atom. The van der Waals surface area contributed by atoms with Crippen LogP contribution in [0.3, 0.4) is 0 Å². The van der Waals surface area contributed by atoms with Crippen LogP contribution in [-0.2, 0) is 4.79 Å². The summed E-state index contributed by atoms with van der Waals surface area (Å²) >= 11 is 0. The highest BCUT2D eigenvalue weighted by molar-refractivity contribution is 8.25. The van der Waals surface area contributed by atoms with Crippen LogP contribution in [0.2, 0.25) is 0 Å². The number of rotatable bonds is 2. The summed E-state index contributed by atoms with van der Waals surface area (Å²) < 4.78 is 0. The Bertz CT molecular complexity index is 407. The van der Waals surface area contributed by atoms with Gasteiger partial charge in [-0.15, -0.1) is 0 Å². The number of hydrogen-bond donors (Lipinski definition) is 1. The zero-order valence-corrected chi connectivity index (χ0v) is 10.5. The minimum Gasteiger partial charge on any atom is -0.299 e. The van der Waals surface area contributed by atoms with Crippen molar-refractivity contribution in [2.45, 2.75) is 33.1 Å². The first-order valence-electron chi connectivity index (χ1n) is 5.47. The molecule has 3 heteroatoms. The molecule has 2 bridgehead atoms. The molecule has 2 rings (SSSR count). The number of Topliss-reactive ketones (excluding diaryl/α,β-unsaturated/α-hetero) is 1. The zero-order valence-electron chi connectivity index (χ0n) is 9.71. The van der Waals surface area contributed by atoms with Crippen molar-refractivity contribution in [3.8, 4) is 0 Å². The average Bonchev–Trinajstić information content (AvgIpc) is 2.34. The van der Waals surface area contributed by atoms with Crippen LogP contribution in [0.4, 0.5) is 0 Å². The first kappa shape index (κ1) is 11.2. The lowest BCUT2D eigenvalue weighted by Crippen LogP contribution is -2.40. The molecule has 0 heterocycles. The molecule has 2 nitrogen and oxygen atoms in total. The molecule has 86 valence electrons. The van der Waals surface area contributed by atoms with Crippen molar-refractivity contribution < 1.29 is 4.79 Å². The lowest BCUT2D eigenvalue weighted by molar-refractivity contribution is -0.127. The van der Waals surface area contributed by atoms with Crippen molar-refractivity contribution in [1.29, 1.82) is 0 Å². The molecule has 0 radical (unpaired) electrons. The average molecular weight is 227 g/mol. The molecule has 0 unspecified atom stereocenters. The SMILES string of the molecule is C=S(=C)(N)C[C@]12CC[C@H](CC1=O)C2(C)C. The molecule has 0 aliphatic heterocycles. The van der Waals surface area contributed by atoms with Gasteiger partial charge in [-0.2, -0.15) is 9.39 Å². The second-order valence-electron chi connectivity index (χ2n) is 5.92. The van der Waals surface area contributed by atoms with E-state index in [0.29, 0.717) is 17.5 Å². The predicted octanol–water partition coefficient (Wildman–Crippen LogP) is 1.92. The second-order valence-corrected chi connectivity index (χ2v) is 8.44. The fourth-order valence-corrected chi connectivity index (χ4v) is 5.26. The number of fused-ring (bicyclic) bond motifs is 2. The van der Waals surface area contributed by atoms with Crippen LogP contribution in [0.15, 0.2) is 0 Å². The van der Waals surface area contributed by atoms with Gasteiger partial charge in [0.1, 0.15) is 5.78 Å². The van der Waals surface area contributed by atoms with Crippen LogP contribution in [-0.4, -0.2) is 23.3 Å². The van der Waals surface area contributed by atoms with Gasteiger partial charge >= 0.3 is 0 Å². The van der Waals surface area contributed by atoms with Crippen molar-refractivity contribution in [2.24, 2.45) is 21.9 Å². The maximum absolute atomic E-state index is 12.2. The molecule has 0 saturated heterocycles. The van der Waals surface area contributed by atoms with Crippen molar-refractivity contribution in [3.63, 3.8) is 0 Å². The summed E-state index contributed by atoms with van der Waals surface area (Å²) in [5, 5.41) is 5.99. The molecular weight excluding hydrogens is 206 g/mol. The Hall–Kier alpha value is -0.280. The van der Waals surface area contributed by atoms with E-state index in [1.165, 1.54) is 6.42 Å². The third-order valence-corrected chi connectivity index (χ3v) is 5.74. The van der Waals surface area contributed by atoms with Gasteiger partial charge in [-0.25, -0.2) is 0 Å². The van der Waals surface area contributed by atoms with E-state index < -0.39 is 9.39 Å². The number of carbonyl (C=O) groups excluding carboxylic acids is 1. The van der Waals surface area contributed by atoms with E-state index >= 15 is 0 Å². The molecule has 0 aromatic rings. The van der Waals surface area contributed by atoms with Crippen LogP contribution in [0.5, 0.6) is 0 Å². The Balaban J connectivity index is 2.45. The Kier molecular flexibility index (Phi) is 2.16. The van der Waals surface area contributed by atoms with Crippen LogP contribution in [0.1, 0.15) is 33.1 Å². The highest BCUT2D eigenvalue weighted by Crippen LogP contribution is 2.65. The number of ketones is 1. The van der Waals surface area contributed by atoms with Gasteiger partial charge in [0, 0.05) is 17.6 Å². The van der Waals surface area contributed by atoms with E-state index in [4.69, 9.17) is 5.14 Å². The van der Waals surface area contributed by atoms with E-state index in [-0.39, 0.29) is 10.8 Å². The van der Waals surface area contributed by atoms with E-state index in [1.807, 2.05) is 0 Å². The molecule has 2 fully saturated rings. The summed E-state index contributed by atoms with van der Waals surface area (Å²) in [5.41, 5.74) is -0.0949. The molecule has 15 heavy (non-hydrogen) atoms. The van der Waals surface area contributed by atoms with Crippen LogP contribution in [0, 0.1) is 16.7 Å². The maximum atomic E-state index is 12.2. The number of carbonyl (C=O) groups is 1. The normalized spacial score (nSPS) is 38.6. The lowest BCUT2D eigenvalue weighted by Gasteiger charge is -2.38. The highest BCUT2D eigenvalue weighted by atomic mass is 32.2. The van der Waals surface area contributed by atoms with E-state index in [1.54, 1.807) is 0 Å². The smallest absolute Gasteiger partial charge is 0.140 e. The van der Waals surface area contributed by atoms with E-state index in [2.05, 4.69) is 25.6 Å². The van der Waals surface area contributed by atoms with Gasteiger partial charge in [0.25, 0.3) is 0 Å². The molecule has 0 spiro atoms. The minimum atomic E-state index is -1.58. The Morgan fingerprint density at radius 3 is 2.47 bits per heavy atom. The van der Waals surface area contributed by atoms with Gasteiger partial charge < -0.3 is 0 Å². The van der Waals surface area contributed by atoms with E-state index in [0.717, 1.165) is 12.8 Å². The summed E-state index contributed by atoms with van der Waals surface area (Å²) in [6.07, 6.45) is 2.93. The van der Waals surface area contributed by atoms with Crippen LogP contribution in [0.25, 0.3) is 0 Å². The Labute approximate surface area is 92.8 Å². The second kappa shape index (κ2) is 2.89. The van der Waals surface area contributed by atoms with Crippen LogP contribution >= 0.6 is 9.39 Å². The molecule has 2 N–H and O–H groups in total. The molecule has 0 aromatic carbocycles. The van der Waals surface area contributed by atoms with Gasteiger partial charge in [-0.1, -0.05) is 25.6 Å². The molecular formula is C12H21NOS. The zero-order chi connectivity index (χ0) is 11.5. The molecule has 0 amide bonds. The highest BCUT2D eigenvalue weighted by Gasteiger charge is 2.63. The van der Waals surface area contributed by atoms with Gasteiger partial charge in [0.05, 0.1) is 0 Å². The monoisotopic (exact) mass is 227 g/mol. The first-order valence-corrected chi connectivity index (χ1v) is 7.68. The maximum Gasteiger partial charge on any atom is 0.140 e. The summed E-state index contributed by atoms with van der Waals surface area (Å²) in [7, 11) is -1.58. The fraction of sp³-hybridized carbons (Fsp3) is 0.750. The Morgan fingerprint density at radius 2 is 2.13 bits per heavy atom. The fourth-order valence-electron chi connectivity index (χ4n) is 3.60. The van der Waals surface area contributed by atoms with Gasteiger partial charge in [0.2, 0.25) is 0 Å². The molecule has 2 aliphatic rings. The molecule has 2 saturated carbocycles. The molecule has 2 aliphatic carbocycles. The minimum absolute atomic E-state index is 0.108. The van der Waals surface area contributed by atoms with Crippen molar-refractivity contribution in [3.05, 3.63) is 0 Å². The number of hydrogen-bond acceptors (Lipinski definition) is 2. The van der Waals surface area contributed by atoms with Gasteiger partial charge in [-0.05, 0) is 24.2 Å². The van der Waals surface area contributed by atoms with Crippen molar-refractivity contribution >= 4 is 26.9 Å². The van der Waals surface area contributed by atoms with Crippen LogP contribution < -0.4 is 5.14 Å². The third kappa shape index (κ3) is 1.40. The van der Waals surface area contributed by atoms with Crippen molar-refractivity contribution in [2.75, 3.05) is 5.75 Å². The molecule has 2 atom stereocenters. The van der Waals surface area contributed by atoms with Gasteiger partial charge in [-0.3, -0.25) is 9.93 Å². The summed E-state index contributed by atoms with van der Waals surface area (Å²) in [6.45, 7) is 4.45. The predicted molar refractivity (Wildman–Crippen MR) is 69.4 cm³/mol. The number of nitrogens with two attached hydrogens (primary N) is 1.